The van der Waals surface area contributed by atoms with Gasteiger partial charge in [-0.1, -0.05) is 60.7 Å². The molecule has 0 spiro atoms. The van der Waals surface area contributed by atoms with Gasteiger partial charge >= 0.3 is 7.60 Å². The van der Waals surface area contributed by atoms with Crippen molar-refractivity contribution in [1.82, 2.24) is 0 Å². The van der Waals surface area contributed by atoms with E-state index in [1.165, 1.54) is 21.9 Å². The van der Waals surface area contributed by atoms with Gasteiger partial charge < -0.3 is 14.5 Å². The van der Waals surface area contributed by atoms with Crippen molar-refractivity contribution in [3.8, 4) is 17.6 Å². The summed E-state index contributed by atoms with van der Waals surface area (Å²) in [6, 6.07) is 20.9. The Morgan fingerprint density at radius 3 is 2.42 bits per heavy atom. The van der Waals surface area contributed by atoms with Crippen LogP contribution in [0.5, 0.6) is 5.75 Å². The Labute approximate surface area is 197 Å². The van der Waals surface area contributed by atoms with E-state index in [0.29, 0.717) is 6.42 Å². The summed E-state index contributed by atoms with van der Waals surface area (Å²) >= 11 is 0. The highest BCUT2D eigenvalue weighted by Crippen LogP contribution is 2.35. The van der Waals surface area contributed by atoms with Gasteiger partial charge in [0.05, 0.1) is 7.11 Å². The normalized spacial score (nSPS) is 11.2. The Morgan fingerprint density at radius 2 is 1.64 bits per heavy atom. The number of fused-ring (bicyclic) bond motifs is 1. The Bertz CT molecular complexity index is 1150. The quantitative estimate of drug-likeness (QED) is 0.193. The fourth-order valence-corrected chi connectivity index (χ4v) is 4.66. The van der Waals surface area contributed by atoms with Gasteiger partial charge in [-0.05, 0) is 78.6 Å². The zero-order valence-corrected chi connectivity index (χ0v) is 20.2. The molecule has 0 fully saturated rings. The first-order chi connectivity index (χ1) is 16.0. The molecule has 0 aliphatic rings. The number of benzene rings is 3. The highest BCUT2D eigenvalue weighted by atomic mass is 31.2. The van der Waals surface area contributed by atoms with Gasteiger partial charge in [0, 0.05) is 18.1 Å². The topological polar surface area (TPSA) is 66.8 Å². The second kappa shape index (κ2) is 12.6. The van der Waals surface area contributed by atoms with Gasteiger partial charge in [0.1, 0.15) is 5.75 Å². The van der Waals surface area contributed by atoms with Crippen LogP contribution < -0.4 is 4.74 Å². The van der Waals surface area contributed by atoms with Crippen molar-refractivity contribution >= 4 is 18.4 Å². The average Bonchev–Trinajstić information content (AvgIpc) is 2.81. The zero-order valence-electron chi connectivity index (χ0n) is 19.3. The van der Waals surface area contributed by atoms with Crippen molar-refractivity contribution < 1.29 is 19.1 Å². The number of methoxy groups -OCH3 is 1. The maximum Gasteiger partial charge on any atom is 0.325 e. The predicted molar refractivity (Wildman–Crippen MR) is 136 cm³/mol. The van der Waals surface area contributed by atoms with Gasteiger partial charge in [0.25, 0.3) is 0 Å². The summed E-state index contributed by atoms with van der Waals surface area (Å²) in [6.45, 7) is 0. The largest absolute Gasteiger partial charge is 0.497 e. The van der Waals surface area contributed by atoms with Crippen molar-refractivity contribution in [3.05, 3.63) is 77.4 Å². The second-order valence-electron chi connectivity index (χ2n) is 8.38. The molecule has 3 aromatic carbocycles. The van der Waals surface area contributed by atoms with E-state index < -0.39 is 7.60 Å². The van der Waals surface area contributed by atoms with Crippen LogP contribution in [-0.4, -0.2) is 23.1 Å². The number of rotatable bonds is 11. The van der Waals surface area contributed by atoms with E-state index in [1.54, 1.807) is 7.11 Å². The smallest absolute Gasteiger partial charge is 0.325 e. The molecule has 3 rings (SSSR count). The molecule has 33 heavy (non-hydrogen) atoms. The highest BCUT2D eigenvalue weighted by Gasteiger charge is 2.11. The second-order valence-corrected chi connectivity index (χ2v) is 10.2. The van der Waals surface area contributed by atoms with Crippen molar-refractivity contribution in [2.24, 2.45) is 0 Å². The molecule has 3 aromatic rings. The van der Waals surface area contributed by atoms with Crippen molar-refractivity contribution in [2.45, 2.75) is 51.4 Å². The monoisotopic (exact) mass is 464 g/mol. The van der Waals surface area contributed by atoms with E-state index in [-0.39, 0.29) is 6.16 Å². The highest BCUT2D eigenvalue weighted by molar-refractivity contribution is 7.51. The van der Waals surface area contributed by atoms with Gasteiger partial charge in [-0.2, -0.15) is 0 Å². The molecule has 4 nitrogen and oxygen atoms in total. The molecule has 2 N–H and O–H groups in total. The lowest BCUT2D eigenvalue weighted by Crippen LogP contribution is -1.92. The Morgan fingerprint density at radius 1 is 0.848 bits per heavy atom. The molecule has 0 heterocycles. The lowest BCUT2D eigenvalue weighted by Gasteiger charge is -2.09. The molecule has 0 saturated carbocycles. The number of aryl methyl sites for hydroxylation is 2. The summed E-state index contributed by atoms with van der Waals surface area (Å²) in [4.78, 5) is 18.0. The minimum absolute atomic E-state index is 0.0260. The number of ether oxygens (including phenoxy) is 1. The van der Waals surface area contributed by atoms with Gasteiger partial charge in [0.15, 0.2) is 0 Å². The third-order valence-corrected chi connectivity index (χ3v) is 6.68. The third-order valence-electron chi connectivity index (χ3n) is 5.78. The van der Waals surface area contributed by atoms with Crippen LogP contribution in [-0.2, 0) is 17.4 Å². The molecular formula is C28H33O4P. The molecule has 0 aromatic heterocycles. The summed E-state index contributed by atoms with van der Waals surface area (Å²) in [6.07, 6.45) is 7.24. The summed E-state index contributed by atoms with van der Waals surface area (Å²) < 4.78 is 16.3. The third kappa shape index (κ3) is 8.37. The van der Waals surface area contributed by atoms with Crippen molar-refractivity contribution in [1.29, 1.82) is 0 Å². The van der Waals surface area contributed by atoms with Crippen LogP contribution in [0.2, 0.25) is 0 Å². The SMILES string of the molecule is COc1cccc(CCCCC#Cc2ccc(CCCCCP(=O)(O)O)c3ccccc23)c1. The van der Waals surface area contributed by atoms with Crippen LogP contribution >= 0.6 is 7.60 Å². The molecule has 0 radical (unpaired) electrons. The fourth-order valence-electron chi connectivity index (χ4n) is 4.03. The summed E-state index contributed by atoms with van der Waals surface area (Å²) in [5.41, 5.74) is 3.62. The Hall–Kier alpha value is -2.57. The maximum atomic E-state index is 11.0. The Kier molecular flexibility index (Phi) is 9.58. The van der Waals surface area contributed by atoms with E-state index in [9.17, 15) is 4.57 Å². The van der Waals surface area contributed by atoms with Gasteiger partial charge in [-0.3, -0.25) is 4.57 Å². The van der Waals surface area contributed by atoms with E-state index >= 15 is 0 Å². The van der Waals surface area contributed by atoms with Crippen LogP contribution in [0.25, 0.3) is 10.8 Å². The first-order valence-corrected chi connectivity index (χ1v) is 13.4. The fraction of sp³-hybridized carbons (Fsp3) is 0.357. The van der Waals surface area contributed by atoms with Crippen LogP contribution in [0.15, 0.2) is 60.7 Å². The Balaban J connectivity index is 1.53. The lowest BCUT2D eigenvalue weighted by molar-refractivity contribution is 0.371. The molecule has 0 saturated heterocycles. The van der Waals surface area contributed by atoms with E-state index in [2.05, 4.69) is 54.3 Å². The minimum atomic E-state index is -3.88. The van der Waals surface area contributed by atoms with Crippen molar-refractivity contribution in [3.63, 3.8) is 0 Å². The molecule has 0 bridgehead atoms. The standard InChI is InChI=1S/C28H33O4P/c1-32-26-16-11-13-23(22-26)12-5-2-3-6-14-24-19-20-25(28-18-9-8-17-27(24)28)15-7-4-10-21-33(29,30)31/h8-9,11,13,16-20,22H,2-5,7,10,12,15,21H2,1H3,(H2,29,30,31). The molecule has 0 atom stereocenters. The van der Waals surface area contributed by atoms with Crippen LogP contribution in [0, 0.1) is 11.8 Å². The average molecular weight is 465 g/mol. The molecule has 0 unspecified atom stereocenters. The van der Waals surface area contributed by atoms with Crippen molar-refractivity contribution in [2.75, 3.05) is 13.3 Å². The van der Waals surface area contributed by atoms with Gasteiger partial charge in [0.2, 0.25) is 0 Å². The summed E-state index contributed by atoms with van der Waals surface area (Å²) in [5, 5.41) is 2.39. The number of unbranched alkanes of at least 4 members (excludes halogenated alkanes) is 4. The maximum absolute atomic E-state index is 11.0. The lowest BCUT2D eigenvalue weighted by atomic mass is 9.96. The minimum Gasteiger partial charge on any atom is -0.497 e. The van der Waals surface area contributed by atoms with Gasteiger partial charge in [-0.15, -0.1) is 0 Å². The number of hydrogen-bond acceptors (Lipinski definition) is 2. The molecular weight excluding hydrogens is 431 g/mol. The number of hydrogen-bond donors (Lipinski definition) is 2. The zero-order chi connectivity index (χ0) is 23.5. The van der Waals surface area contributed by atoms with Gasteiger partial charge in [-0.25, -0.2) is 0 Å². The predicted octanol–water partition coefficient (Wildman–Crippen LogP) is 6.50. The molecule has 0 aliphatic carbocycles. The summed E-state index contributed by atoms with van der Waals surface area (Å²) in [7, 11) is -2.19. The molecule has 0 aliphatic heterocycles. The molecule has 174 valence electrons. The van der Waals surface area contributed by atoms with Crippen LogP contribution in [0.3, 0.4) is 0 Å². The first kappa shape index (κ1) is 25.1. The van der Waals surface area contributed by atoms with E-state index in [4.69, 9.17) is 14.5 Å². The van der Waals surface area contributed by atoms with E-state index in [0.717, 1.165) is 56.3 Å². The summed E-state index contributed by atoms with van der Waals surface area (Å²) in [5.74, 6) is 7.62. The van der Waals surface area contributed by atoms with Crippen LogP contribution in [0.1, 0.15) is 55.2 Å². The van der Waals surface area contributed by atoms with E-state index in [1.807, 2.05) is 18.2 Å². The molecule has 5 heteroatoms. The van der Waals surface area contributed by atoms with Crippen LogP contribution in [0.4, 0.5) is 0 Å². The molecule has 0 amide bonds. The first-order valence-electron chi connectivity index (χ1n) is 11.6.